The lowest BCUT2D eigenvalue weighted by Gasteiger charge is -2.14. The van der Waals surface area contributed by atoms with Gasteiger partial charge in [-0.3, -0.25) is 0 Å². The summed E-state index contributed by atoms with van der Waals surface area (Å²) in [6.07, 6.45) is 0. The topological polar surface area (TPSA) is 60.2 Å². The molecule has 0 bridgehead atoms. The smallest absolute Gasteiger partial charge is 0.141 e. The molecular formula is C16H19N3OS. The number of nitrogens with two attached hydrogens (primary N) is 1. The Morgan fingerprint density at radius 3 is 2.76 bits per heavy atom. The number of nitrogens with zero attached hydrogens (tertiary/aromatic N) is 1. The van der Waals surface area contributed by atoms with E-state index >= 15 is 0 Å². The Morgan fingerprint density at radius 1 is 1.33 bits per heavy atom. The number of pyridine rings is 1. The van der Waals surface area contributed by atoms with E-state index in [0.29, 0.717) is 17.4 Å². The molecular weight excluding hydrogens is 282 g/mol. The van der Waals surface area contributed by atoms with Crippen LogP contribution in [0.1, 0.15) is 23.7 Å². The van der Waals surface area contributed by atoms with E-state index in [9.17, 15) is 0 Å². The standard InChI is InChI=1S/C16H19N3OS/c1-4-20-13-7-5-6-12(9-13)19-16-14(15(17)21)10(2)8-11(3)18-16/h5-9H,4H2,1-3H3,(H2,17,21)(H,18,19). The number of ether oxygens (including phenoxy) is 1. The molecule has 0 amide bonds. The van der Waals surface area contributed by atoms with Gasteiger partial charge in [0.05, 0.1) is 12.2 Å². The lowest BCUT2D eigenvalue weighted by atomic mass is 10.1. The number of hydrogen-bond donors (Lipinski definition) is 2. The molecule has 0 radical (unpaired) electrons. The molecule has 1 heterocycles. The van der Waals surface area contributed by atoms with Crippen LogP contribution in [0.3, 0.4) is 0 Å². The Labute approximate surface area is 130 Å². The zero-order valence-electron chi connectivity index (χ0n) is 12.4. The Hall–Kier alpha value is -2.14. The molecule has 21 heavy (non-hydrogen) atoms. The van der Waals surface area contributed by atoms with Crippen LogP contribution >= 0.6 is 12.2 Å². The number of hydrogen-bond acceptors (Lipinski definition) is 4. The predicted octanol–water partition coefficient (Wildman–Crippen LogP) is 3.47. The van der Waals surface area contributed by atoms with Crippen LogP contribution < -0.4 is 15.8 Å². The first-order chi connectivity index (χ1) is 10.0. The number of thiocarbonyl (C=S) groups is 1. The van der Waals surface area contributed by atoms with E-state index in [1.165, 1.54) is 0 Å². The average Bonchev–Trinajstić information content (AvgIpc) is 2.38. The predicted molar refractivity (Wildman–Crippen MR) is 90.5 cm³/mol. The summed E-state index contributed by atoms with van der Waals surface area (Å²) in [5, 5.41) is 3.28. The number of aromatic nitrogens is 1. The molecule has 110 valence electrons. The summed E-state index contributed by atoms with van der Waals surface area (Å²) in [5.74, 6) is 1.48. The summed E-state index contributed by atoms with van der Waals surface area (Å²) in [6.45, 7) is 6.50. The minimum atomic E-state index is 0.337. The van der Waals surface area contributed by atoms with E-state index in [4.69, 9.17) is 22.7 Å². The molecule has 0 fully saturated rings. The molecule has 1 aromatic heterocycles. The maximum Gasteiger partial charge on any atom is 0.141 e. The summed E-state index contributed by atoms with van der Waals surface area (Å²) in [5.41, 5.74) is 9.41. The van der Waals surface area contributed by atoms with Gasteiger partial charge in [-0.1, -0.05) is 18.3 Å². The van der Waals surface area contributed by atoms with Crippen molar-refractivity contribution in [3.63, 3.8) is 0 Å². The minimum absolute atomic E-state index is 0.337. The summed E-state index contributed by atoms with van der Waals surface area (Å²) in [7, 11) is 0. The first kappa shape index (κ1) is 15.3. The zero-order valence-corrected chi connectivity index (χ0v) is 13.3. The van der Waals surface area contributed by atoms with Crippen molar-refractivity contribution < 1.29 is 4.74 Å². The average molecular weight is 301 g/mol. The van der Waals surface area contributed by atoms with Gasteiger partial charge < -0.3 is 15.8 Å². The molecule has 0 spiro atoms. The van der Waals surface area contributed by atoms with Crippen LogP contribution in [-0.2, 0) is 0 Å². The van der Waals surface area contributed by atoms with Gasteiger partial charge >= 0.3 is 0 Å². The third kappa shape index (κ3) is 3.70. The Morgan fingerprint density at radius 2 is 2.10 bits per heavy atom. The summed E-state index contributed by atoms with van der Waals surface area (Å²) < 4.78 is 5.50. The van der Waals surface area contributed by atoms with Gasteiger partial charge in [-0.25, -0.2) is 4.98 Å². The Kier molecular flexibility index (Phi) is 4.75. The Bertz CT molecular complexity index is 671. The van der Waals surface area contributed by atoms with Crippen LogP contribution in [0.2, 0.25) is 0 Å². The van der Waals surface area contributed by atoms with Gasteiger partial charge in [0.2, 0.25) is 0 Å². The molecule has 5 heteroatoms. The van der Waals surface area contributed by atoms with Crippen LogP contribution in [0, 0.1) is 13.8 Å². The fraction of sp³-hybridized carbons (Fsp3) is 0.250. The highest BCUT2D eigenvalue weighted by Crippen LogP contribution is 2.25. The molecule has 0 aliphatic carbocycles. The van der Waals surface area contributed by atoms with Crippen molar-refractivity contribution in [1.29, 1.82) is 0 Å². The van der Waals surface area contributed by atoms with Crippen molar-refractivity contribution in [2.24, 2.45) is 5.73 Å². The number of aryl methyl sites for hydroxylation is 2. The van der Waals surface area contributed by atoms with Crippen molar-refractivity contribution in [3.8, 4) is 5.75 Å². The van der Waals surface area contributed by atoms with Gasteiger partial charge in [0.25, 0.3) is 0 Å². The lowest BCUT2D eigenvalue weighted by Crippen LogP contribution is -2.15. The Balaban J connectivity index is 2.39. The first-order valence-electron chi connectivity index (χ1n) is 6.79. The van der Waals surface area contributed by atoms with Crippen LogP contribution in [0.4, 0.5) is 11.5 Å². The van der Waals surface area contributed by atoms with E-state index in [-0.39, 0.29) is 0 Å². The van der Waals surface area contributed by atoms with Crippen molar-refractivity contribution in [2.45, 2.75) is 20.8 Å². The van der Waals surface area contributed by atoms with E-state index < -0.39 is 0 Å². The maximum absolute atomic E-state index is 5.82. The van der Waals surface area contributed by atoms with Crippen molar-refractivity contribution >= 4 is 28.7 Å². The van der Waals surface area contributed by atoms with E-state index in [1.54, 1.807) is 0 Å². The highest BCUT2D eigenvalue weighted by atomic mass is 32.1. The fourth-order valence-corrected chi connectivity index (χ4v) is 2.46. The molecule has 0 saturated heterocycles. The molecule has 0 aliphatic heterocycles. The van der Waals surface area contributed by atoms with Crippen LogP contribution in [0.15, 0.2) is 30.3 Å². The van der Waals surface area contributed by atoms with Gasteiger partial charge in [0.1, 0.15) is 16.6 Å². The number of rotatable bonds is 5. The first-order valence-corrected chi connectivity index (χ1v) is 7.20. The second-order valence-electron chi connectivity index (χ2n) is 4.75. The second-order valence-corrected chi connectivity index (χ2v) is 5.19. The fourth-order valence-electron chi connectivity index (χ4n) is 2.21. The van der Waals surface area contributed by atoms with Gasteiger partial charge in [0, 0.05) is 17.4 Å². The summed E-state index contributed by atoms with van der Waals surface area (Å²) in [4.78, 5) is 4.84. The molecule has 0 unspecified atom stereocenters. The van der Waals surface area contributed by atoms with Crippen LogP contribution in [0.25, 0.3) is 0 Å². The van der Waals surface area contributed by atoms with Gasteiger partial charge in [-0.05, 0) is 44.5 Å². The number of benzene rings is 1. The molecule has 2 aromatic rings. The summed E-state index contributed by atoms with van der Waals surface area (Å²) in [6, 6.07) is 9.68. The SMILES string of the molecule is CCOc1cccc(Nc2nc(C)cc(C)c2C(N)=S)c1. The van der Waals surface area contributed by atoms with E-state index in [2.05, 4.69) is 10.3 Å². The van der Waals surface area contributed by atoms with Crippen molar-refractivity contribution in [1.82, 2.24) is 4.98 Å². The zero-order chi connectivity index (χ0) is 15.4. The van der Waals surface area contributed by atoms with Crippen molar-refractivity contribution in [3.05, 3.63) is 47.2 Å². The largest absolute Gasteiger partial charge is 0.494 e. The highest BCUT2D eigenvalue weighted by molar-refractivity contribution is 7.80. The van der Waals surface area contributed by atoms with Crippen molar-refractivity contribution in [2.75, 3.05) is 11.9 Å². The van der Waals surface area contributed by atoms with Crippen LogP contribution in [-0.4, -0.2) is 16.6 Å². The molecule has 0 saturated carbocycles. The van der Waals surface area contributed by atoms with Gasteiger partial charge in [-0.2, -0.15) is 0 Å². The third-order valence-corrected chi connectivity index (χ3v) is 3.20. The molecule has 2 rings (SSSR count). The monoisotopic (exact) mass is 301 g/mol. The normalized spacial score (nSPS) is 10.2. The van der Waals surface area contributed by atoms with E-state index in [1.807, 2.05) is 51.1 Å². The lowest BCUT2D eigenvalue weighted by molar-refractivity contribution is 0.340. The second kappa shape index (κ2) is 6.54. The van der Waals surface area contributed by atoms with Gasteiger partial charge in [-0.15, -0.1) is 0 Å². The number of anilines is 2. The molecule has 4 nitrogen and oxygen atoms in total. The van der Waals surface area contributed by atoms with Crippen LogP contribution in [0.5, 0.6) is 5.75 Å². The van der Waals surface area contributed by atoms with Gasteiger partial charge in [0.15, 0.2) is 0 Å². The maximum atomic E-state index is 5.82. The number of nitrogens with one attached hydrogen (secondary N) is 1. The van der Waals surface area contributed by atoms with E-state index in [0.717, 1.165) is 28.3 Å². The molecule has 1 aromatic carbocycles. The quantitative estimate of drug-likeness (QED) is 0.828. The summed E-state index contributed by atoms with van der Waals surface area (Å²) >= 11 is 5.14. The highest BCUT2D eigenvalue weighted by Gasteiger charge is 2.12. The minimum Gasteiger partial charge on any atom is -0.494 e. The molecule has 0 aliphatic rings. The molecule has 0 atom stereocenters. The molecule has 3 N–H and O–H groups in total. The third-order valence-electron chi connectivity index (χ3n) is 3.00.